The summed E-state index contributed by atoms with van der Waals surface area (Å²) in [5.74, 6) is 1.44. The molecule has 1 heterocycles. The normalized spacial score (nSPS) is 22.1. The Labute approximate surface area is 103 Å². The number of rotatable bonds is 4. The van der Waals surface area contributed by atoms with Gasteiger partial charge in [0, 0.05) is 0 Å². The number of hydrogen-bond acceptors (Lipinski definition) is 3. The van der Waals surface area contributed by atoms with Gasteiger partial charge in [0.05, 0.1) is 13.2 Å². The average molecular weight is 236 g/mol. The average Bonchev–Trinajstić information content (AvgIpc) is 2.40. The minimum atomic E-state index is -0.266. The molecule has 0 bridgehead atoms. The molecule has 0 aliphatic carbocycles. The van der Waals surface area contributed by atoms with Gasteiger partial charge in [-0.05, 0) is 30.0 Å². The lowest BCUT2D eigenvalue weighted by molar-refractivity contribution is -0.170. The van der Waals surface area contributed by atoms with Crippen molar-refractivity contribution in [3.8, 4) is 5.75 Å². The molecule has 0 saturated carbocycles. The minimum absolute atomic E-state index is 0.266. The van der Waals surface area contributed by atoms with Gasteiger partial charge in [0.2, 0.25) is 6.29 Å². The summed E-state index contributed by atoms with van der Waals surface area (Å²) >= 11 is 0. The van der Waals surface area contributed by atoms with E-state index in [4.69, 9.17) is 14.2 Å². The van der Waals surface area contributed by atoms with Crippen LogP contribution in [-0.2, 0) is 9.47 Å². The van der Waals surface area contributed by atoms with E-state index in [9.17, 15) is 0 Å². The van der Waals surface area contributed by atoms with Crippen LogP contribution in [0, 0.1) is 0 Å². The summed E-state index contributed by atoms with van der Waals surface area (Å²) in [5.41, 5.74) is 1.35. The molecule has 3 heteroatoms. The van der Waals surface area contributed by atoms with Crippen LogP contribution in [0.1, 0.15) is 31.7 Å². The van der Waals surface area contributed by atoms with Crippen molar-refractivity contribution < 1.29 is 14.2 Å². The van der Waals surface area contributed by atoms with Crippen LogP contribution in [-0.4, -0.2) is 26.1 Å². The van der Waals surface area contributed by atoms with E-state index in [2.05, 4.69) is 26.0 Å². The molecular formula is C14H20O3. The largest absolute Gasteiger partial charge is 0.462 e. The Morgan fingerprint density at radius 1 is 1.29 bits per heavy atom. The van der Waals surface area contributed by atoms with Crippen molar-refractivity contribution in [2.75, 3.05) is 19.8 Å². The topological polar surface area (TPSA) is 27.7 Å². The lowest BCUT2D eigenvalue weighted by Crippen LogP contribution is -2.33. The molecule has 3 nitrogen and oxygen atoms in total. The Bertz CT molecular complexity index is 328. The van der Waals surface area contributed by atoms with Crippen molar-refractivity contribution >= 4 is 0 Å². The Kier molecular flexibility index (Phi) is 4.40. The molecule has 94 valence electrons. The Morgan fingerprint density at radius 3 is 2.65 bits per heavy atom. The molecule has 0 aromatic heterocycles. The first-order valence-corrected chi connectivity index (χ1v) is 6.25. The van der Waals surface area contributed by atoms with Crippen molar-refractivity contribution in [3.63, 3.8) is 0 Å². The lowest BCUT2D eigenvalue weighted by Gasteiger charge is -2.23. The van der Waals surface area contributed by atoms with Crippen LogP contribution in [0.25, 0.3) is 0 Å². The van der Waals surface area contributed by atoms with E-state index in [1.165, 1.54) is 5.56 Å². The molecule has 1 aromatic rings. The van der Waals surface area contributed by atoms with Crippen LogP contribution in [0.15, 0.2) is 24.3 Å². The molecule has 1 aromatic carbocycles. The summed E-state index contributed by atoms with van der Waals surface area (Å²) in [5, 5.41) is 0. The number of ether oxygens (including phenoxy) is 3. The van der Waals surface area contributed by atoms with Crippen LogP contribution in [0.5, 0.6) is 5.75 Å². The molecule has 0 spiro atoms. The third kappa shape index (κ3) is 3.45. The Hall–Kier alpha value is -1.06. The van der Waals surface area contributed by atoms with E-state index in [0.717, 1.165) is 12.2 Å². The SMILES string of the molecule is CCC(C)c1ccc(OC2COCCO2)cc1. The fraction of sp³-hybridized carbons (Fsp3) is 0.571. The highest BCUT2D eigenvalue weighted by molar-refractivity contribution is 5.29. The first-order chi connectivity index (χ1) is 8.29. The van der Waals surface area contributed by atoms with Gasteiger partial charge < -0.3 is 14.2 Å². The lowest BCUT2D eigenvalue weighted by atomic mass is 9.99. The smallest absolute Gasteiger partial charge is 0.223 e. The zero-order valence-electron chi connectivity index (χ0n) is 10.5. The van der Waals surface area contributed by atoms with Crippen LogP contribution >= 0.6 is 0 Å². The number of hydrogen-bond donors (Lipinski definition) is 0. The molecule has 1 saturated heterocycles. The second-order valence-corrected chi connectivity index (χ2v) is 4.37. The fourth-order valence-corrected chi connectivity index (χ4v) is 1.80. The maximum absolute atomic E-state index is 5.68. The summed E-state index contributed by atoms with van der Waals surface area (Å²) in [6.45, 7) is 6.20. The van der Waals surface area contributed by atoms with E-state index in [-0.39, 0.29) is 6.29 Å². The molecule has 0 amide bonds. The van der Waals surface area contributed by atoms with Crippen molar-refractivity contribution in [1.82, 2.24) is 0 Å². The van der Waals surface area contributed by atoms with Gasteiger partial charge >= 0.3 is 0 Å². The summed E-state index contributed by atoms with van der Waals surface area (Å²) < 4.78 is 16.4. The van der Waals surface area contributed by atoms with Crippen molar-refractivity contribution in [3.05, 3.63) is 29.8 Å². The monoisotopic (exact) mass is 236 g/mol. The standard InChI is InChI=1S/C14H20O3/c1-3-11(2)12-4-6-13(7-5-12)17-14-10-15-8-9-16-14/h4-7,11,14H,3,8-10H2,1-2H3. The second kappa shape index (κ2) is 6.03. The molecule has 1 fully saturated rings. The van der Waals surface area contributed by atoms with Gasteiger partial charge in [0.15, 0.2) is 0 Å². The first-order valence-electron chi connectivity index (χ1n) is 6.25. The molecule has 2 rings (SSSR count). The highest BCUT2D eigenvalue weighted by Gasteiger charge is 2.15. The molecule has 0 radical (unpaired) electrons. The molecule has 1 aliphatic heterocycles. The quantitative estimate of drug-likeness (QED) is 0.804. The Morgan fingerprint density at radius 2 is 2.06 bits per heavy atom. The van der Waals surface area contributed by atoms with Gasteiger partial charge in [0.25, 0.3) is 0 Å². The molecule has 0 N–H and O–H groups in total. The van der Waals surface area contributed by atoms with E-state index >= 15 is 0 Å². The highest BCUT2D eigenvalue weighted by atomic mass is 16.7. The van der Waals surface area contributed by atoms with Gasteiger partial charge in [-0.15, -0.1) is 0 Å². The predicted octanol–water partition coefficient (Wildman–Crippen LogP) is 2.95. The van der Waals surface area contributed by atoms with Crippen molar-refractivity contribution in [1.29, 1.82) is 0 Å². The van der Waals surface area contributed by atoms with Crippen LogP contribution in [0.3, 0.4) is 0 Å². The van der Waals surface area contributed by atoms with Gasteiger partial charge in [-0.2, -0.15) is 0 Å². The van der Waals surface area contributed by atoms with Gasteiger partial charge in [-0.3, -0.25) is 0 Å². The summed E-state index contributed by atoms with van der Waals surface area (Å²) in [4.78, 5) is 0. The van der Waals surface area contributed by atoms with E-state index in [1.807, 2.05) is 12.1 Å². The molecule has 2 atom stereocenters. The minimum Gasteiger partial charge on any atom is -0.462 e. The second-order valence-electron chi connectivity index (χ2n) is 4.37. The maximum atomic E-state index is 5.68. The summed E-state index contributed by atoms with van der Waals surface area (Å²) in [6, 6.07) is 8.24. The Balaban J connectivity index is 1.93. The first kappa shape index (κ1) is 12.4. The molecule has 17 heavy (non-hydrogen) atoms. The van der Waals surface area contributed by atoms with Gasteiger partial charge in [-0.25, -0.2) is 0 Å². The number of benzene rings is 1. The highest BCUT2D eigenvalue weighted by Crippen LogP contribution is 2.22. The van der Waals surface area contributed by atoms with E-state index in [1.54, 1.807) is 0 Å². The molecule has 1 aliphatic rings. The zero-order chi connectivity index (χ0) is 12.1. The fourth-order valence-electron chi connectivity index (χ4n) is 1.80. The predicted molar refractivity (Wildman–Crippen MR) is 66.3 cm³/mol. The van der Waals surface area contributed by atoms with Crippen LogP contribution in [0.4, 0.5) is 0 Å². The van der Waals surface area contributed by atoms with Crippen LogP contribution < -0.4 is 4.74 Å². The summed E-state index contributed by atoms with van der Waals surface area (Å²) in [7, 11) is 0. The third-order valence-corrected chi connectivity index (χ3v) is 3.11. The van der Waals surface area contributed by atoms with Crippen molar-refractivity contribution in [2.45, 2.75) is 32.5 Å². The van der Waals surface area contributed by atoms with Gasteiger partial charge in [-0.1, -0.05) is 26.0 Å². The molecular weight excluding hydrogens is 216 g/mol. The van der Waals surface area contributed by atoms with Crippen LogP contribution in [0.2, 0.25) is 0 Å². The summed E-state index contributed by atoms with van der Waals surface area (Å²) in [6.07, 6.45) is 0.887. The molecule has 2 unspecified atom stereocenters. The van der Waals surface area contributed by atoms with E-state index < -0.39 is 0 Å². The third-order valence-electron chi connectivity index (χ3n) is 3.11. The zero-order valence-corrected chi connectivity index (χ0v) is 10.5. The van der Waals surface area contributed by atoms with Crippen molar-refractivity contribution in [2.24, 2.45) is 0 Å². The van der Waals surface area contributed by atoms with Gasteiger partial charge in [0.1, 0.15) is 12.4 Å². The maximum Gasteiger partial charge on any atom is 0.223 e. The van der Waals surface area contributed by atoms with E-state index in [0.29, 0.717) is 25.7 Å².